The summed E-state index contributed by atoms with van der Waals surface area (Å²) < 4.78 is 10.3. The lowest BCUT2D eigenvalue weighted by molar-refractivity contribution is -0.149. The number of rotatable bonds is 16. The zero-order chi connectivity index (χ0) is 20.3. The molecule has 2 unspecified atom stereocenters. The summed E-state index contributed by atoms with van der Waals surface area (Å²) in [5, 5.41) is 0. The van der Waals surface area contributed by atoms with Crippen LogP contribution in [0.2, 0.25) is 0 Å². The molecule has 0 N–H and O–H groups in total. The van der Waals surface area contributed by atoms with Crippen molar-refractivity contribution in [2.24, 2.45) is 5.92 Å². The Balaban J connectivity index is 2.01. The second kappa shape index (κ2) is 17.2. The summed E-state index contributed by atoms with van der Waals surface area (Å²) in [5.41, 5.74) is 0. The third-order valence-corrected chi connectivity index (χ3v) is 4.48. The highest BCUT2D eigenvalue weighted by Gasteiger charge is 2.26. The summed E-state index contributed by atoms with van der Waals surface area (Å²) in [6, 6.07) is 0. The molecule has 1 aliphatic rings. The van der Waals surface area contributed by atoms with Crippen molar-refractivity contribution in [1.29, 1.82) is 0 Å². The molecule has 0 amide bonds. The van der Waals surface area contributed by atoms with Crippen molar-refractivity contribution in [3.8, 4) is 0 Å². The van der Waals surface area contributed by atoms with E-state index in [1.54, 1.807) is 0 Å². The van der Waals surface area contributed by atoms with Crippen LogP contribution in [0.1, 0.15) is 65.2 Å². The van der Waals surface area contributed by atoms with Crippen molar-refractivity contribution in [2.75, 3.05) is 13.2 Å². The fourth-order valence-electron chi connectivity index (χ4n) is 2.61. The van der Waals surface area contributed by atoms with E-state index in [1.807, 2.05) is 6.92 Å². The Morgan fingerprint density at radius 1 is 0.893 bits per heavy atom. The largest absolute Gasteiger partial charge is 0.463 e. The second-order valence-electron chi connectivity index (χ2n) is 6.98. The molecule has 1 heterocycles. The minimum atomic E-state index is -0.0784. The van der Waals surface area contributed by atoms with Crippen LogP contribution in [0.5, 0.6) is 0 Å². The first kappa shape index (κ1) is 24.2. The number of hydrogen-bond donors (Lipinski definition) is 0. The predicted octanol–water partition coefficient (Wildman–Crippen LogP) is 6.49. The number of allylic oxidation sites excluding steroid dienone is 10. The molecule has 1 saturated heterocycles. The Hall–Kier alpha value is -1.87. The minimum Gasteiger partial charge on any atom is -0.463 e. The molecular weight excluding hydrogens is 348 g/mol. The normalized spacial score (nSPS) is 18.3. The van der Waals surface area contributed by atoms with E-state index in [0.717, 1.165) is 58.0 Å². The number of carbonyl (C=O) groups is 1. The average molecular weight is 387 g/mol. The van der Waals surface area contributed by atoms with E-state index in [1.165, 1.54) is 0 Å². The maximum absolute atomic E-state index is 12.0. The lowest BCUT2D eigenvalue weighted by Gasteiger charge is -2.12. The van der Waals surface area contributed by atoms with E-state index in [9.17, 15) is 4.79 Å². The van der Waals surface area contributed by atoms with Gasteiger partial charge in [-0.2, -0.15) is 0 Å². The molecule has 28 heavy (non-hydrogen) atoms. The van der Waals surface area contributed by atoms with E-state index >= 15 is 0 Å². The lowest BCUT2D eigenvalue weighted by atomic mass is 10.0. The smallest absolute Gasteiger partial charge is 0.309 e. The SMILES string of the molecule is CCC=CCC=CCC=CCC=CCC=CCCC(CC)C(=O)OCC1CO1. The minimum absolute atomic E-state index is 0.000737. The summed E-state index contributed by atoms with van der Waals surface area (Å²) in [5.74, 6) is -0.0776. The van der Waals surface area contributed by atoms with E-state index in [0.29, 0.717) is 6.61 Å². The van der Waals surface area contributed by atoms with Crippen LogP contribution in [-0.2, 0) is 14.3 Å². The van der Waals surface area contributed by atoms with Crippen molar-refractivity contribution >= 4 is 5.97 Å². The van der Waals surface area contributed by atoms with Gasteiger partial charge in [-0.05, 0) is 51.4 Å². The van der Waals surface area contributed by atoms with E-state index in [-0.39, 0.29) is 18.0 Å². The second-order valence-corrected chi connectivity index (χ2v) is 6.98. The molecule has 0 aliphatic carbocycles. The quantitative estimate of drug-likeness (QED) is 0.173. The summed E-state index contributed by atoms with van der Waals surface area (Å²) >= 11 is 0. The molecule has 0 spiro atoms. The number of epoxide rings is 1. The molecule has 1 fully saturated rings. The number of hydrogen-bond acceptors (Lipinski definition) is 3. The monoisotopic (exact) mass is 386 g/mol. The molecule has 0 radical (unpaired) electrons. The molecule has 3 nitrogen and oxygen atoms in total. The Kier molecular flexibility index (Phi) is 14.9. The lowest BCUT2D eigenvalue weighted by Crippen LogP contribution is -2.19. The maximum atomic E-state index is 12.0. The molecule has 3 heteroatoms. The molecule has 0 aromatic heterocycles. The van der Waals surface area contributed by atoms with Gasteiger partial charge in [0, 0.05) is 0 Å². The Labute approximate surface area is 171 Å². The Morgan fingerprint density at radius 3 is 1.86 bits per heavy atom. The van der Waals surface area contributed by atoms with Crippen LogP contribution in [0.25, 0.3) is 0 Å². The standard InChI is InChI=1S/C25H38O3/c1-3-5-6-7-8-9-10-11-12-13-14-15-16-17-18-19-20-23(4-2)25(26)28-22-24-21-27-24/h5-6,8-9,11-12,14-15,17-18,23-24H,3-4,7,10,13,16,19-22H2,1-2H3. The summed E-state index contributed by atoms with van der Waals surface area (Å²) in [4.78, 5) is 12.0. The van der Waals surface area contributed by atoms with Gasteiger partial charge in [-0.25, -0.2) is 0 Å². The summed E-state index contributed by atoms with van der Waals surface area (Å²) in [6.45, 7) is 5.33. The molecule has 0 aromatic carbocycles. The van der Waals surface area contributed by atoms with Crippen LogP contribution in [0.3, 0.4) is 0 Å². The van der Waals surface area contributed by atoms with Crippen molar-refractivity contribution in [3.05, 3.63) is 60.8 Å². The van der Waals surface area contributed by atoms with Crippen LogP contribution in [0, 0.1) is 5.92 Å². The first-order valence-corrected chi connectivity index (χ1v) is 10.8. The number of ether oxygens (including phenoxy) is 2. The Morgan fingerprint density at radius 2 is 1.39 bits per heavy atom. The zero-order valence-electron chi connectivity index (χ0n) is 17.7. The van der Waals surface area contributed by atoms with Crippen molar-refractivity contribution < 1.29 is 14.3 Å². The van der Waals surface area contributed by atoms with Gasteiger partial charge in [0.25, 0.3) is 0 Å². The van der Waals surface area contributed by atoms with Gasteiger partial charge >= 0.3 is 5.97 Å². The van der Waals surface area contributed by atoms with Crippen molar-refractivity contribution in [3.63, 3.8) is 0 Å². The van der Waals surface area contributed by atoms with Gasteiger partial charge in [0.2, 0.25) is 0 Å². The van der Waals surface area contributed by atoms with Crippen LogP contribution in [0.15, 0.2) is 60.8 Å². The third-order valence-electron chi connectivity index (χ3n) is 4.48. The molecule has 0 aromatic rings. The van der Waals surface area contributed by atoms with Gasteiger partial charge in [-0.15, -0.1) is 0 Å². The molecular formula is C25H38O3. The van der Waals surface area contributed by atoms with Gasteiger partial charge in [-0.1, -0.05) is 74.6 Å². The fraction of sp³-hybridized carbons (Fsp3) is 0.560. The molecule has 1 rings (SSSR count). The molecule has 2 atom stereocenters. The highest BCUT2D eigenvalue weighted by Crippen LogP contribution is 2.16. The van der Waals surface area contributed by atoms with Crippen LogP contribution in [-0.4, -0.2) is 25.3 Å². The fourth-order valence-corrected chi connectivity index (χ4v) is 2.61. The molecule has 0 bridgehead atoms. The number of carbonyl (C=O) groups excluding carboxylic acids is 1. The van der Waals surface area contributed by atoms with E-state index in [4.69, 9.17) is 9.47 Å². The van der Waals surface area contributed by atoms with E-state index in [2.05, 4.69) is 67.7 Å². The van der Waals surface area contributed by atoms with Crippen LogP contribution >= 0.6 is 0 Å². The third kappa shape index (κ3) is 14.2. The van der Waals surface area contributed by atoms with Crippen molar-refractivity contribution in [1.82, 2.24) is 0 Å². The van der Waals surface area contributed by atoms with Crippen molar-refractivity contribution in [2.45, 2.75) is 71.3 Å². The summed E-state index contributed by atoms with van der Waals surface area (Å²) in [7, 11) is 0. The predicted molar refractivity (Wildman–Crippen MR) is 118 cm³/mol. The molecule has 1 aliphatic heterocycles. The summed E-state index contributed by atoms with van der Waals surface area (Å²) in [6.07, 6.45) is 29.8. The van der Waals surface area contributed by atoms with Gasteiger partial charge in [-0.3, -0.25) is 4.79 Å². The highest BCUT2D eigenvalue weighted by atomic mass is 16.6. The molecule has 0 saturated carbocycles. The topological polar surface area (TPSA) is 38.8 Å². The van der Waals surface area contributed by atoms with Gasteiger partial charge < -0.3 is 9.47 Å². The average Bonchev–Trinajstić information content (AvgIpc) is 3.53. The number of esters is 1. The van der Waals surface area contributed by atoms with Gasteiger partial charge in [0.15, 0.2) is 0 Å². The maximum Gasteiger partial charge on any atom is 0.309 e. The first-order chi connectivity index (χ1) is 13.8. The zero-order valence-corrected chi connectivity index (χ0v) is 17.7. The van der Waals surface area contributed by atoms with Gasteiger partial charge in [0.05, 0.1) is 12.5 Å². The molecule has 156 valence electrons. The van der Waals surface area contributed by atoms with E-state index < -0.39 is 0 Å². The Bertz CT molecular complexity index is 536. The van der Waals surface area contributed by atoms with Crippen LogP contribution in [0.4, 0.5) is 0 Å². The van der Waals surface area contributed by atoms with Gasteiger partial charge in [0.1, 0.15) is 12.7 Å². The first-order valence-electron chi connectivity index (χ1n) is 10.8. The highest BCUT2D eigenvalue weighted by molar-refractivity contribution is 5.72. The van der Waals surface area contributed by atoms with Crippen LogP contribution < -0.4 is 0 Å².